The Bertz CT molecular complexity index is 334. The van der Waals surface area contributed by atoms with E-state index in [1.807, 2.05) is 7.05 Å². The maximum absolute atomic E-state index is 5.79. The van der Waals surface area contributed by atoms with Gasteiger partial charge in [-0.15, -0.1) is 0 Å². The predicted molar refractivity (Wildman–Crippen MR) is 64.7 cm³/mol. The van der Waals surface area contributed by atoms with Crippen molar-refractivity contribution >= 4 is 0 Å². The van der Waals surface area contributed by atoms with Crippen LogP contribution in [-0.2, 0) is 0 Å². The van der Waals surface area contributed by atoms with Gasteiger partial charge >= 0.3 is 0 Å². The van der Waals surface area contributed by atoms with E-state index in [0.717, 1.165) is 5.75 Å². The second-order valence-corrected chi connectivity index (χ2v) is 4.21. The summed E-state index contributed by atoms with van der Waals surface area (Å²) in [6, 6.07) is 4.67. The first kappa shape index (κ1) is 12.1. The lowest BCUT2D eigenvalue weighted by Crippen LogP contribution is -2.28. The van der Waals surface area contributed by atoms with Gasteiger partial charge < -0.3 is 10.1 Å². The molecule has 0 amide bonds. The highest BCUT2D eigenvalue weighted by Crippen LogP contribution is 2.23. The zero-order valence-corrected chi connectivity index (χ0v) is 10.3. The lowest BCUT2D eigenvalue weighted by atomic mass is 10.1. The maximum atomic E-state index is 5.79. The number of rotatable bonds is 4. The molecule has 1 atom stereocenters. The zero-order chi connectivity index (χ0) is 11.4. The minimum atomic E-state index is 0.380. The van der Waals surface area contributed by atoms with E-state index < -0.39 is 0 Å². The molecule has 0 saturated carbocycles. The van der Waals surface area contributed by atoms with Gasteiger partial charge in [-0.2, -0.15) is 0 Å². The van der Waals surface area contributed by atoms with Crippen LogP contribution in [0.5, 0.6) is 5.75 Å². The van der Waals surface area contributed by atoms with Gasteiger partial charge in [0.25, 0.3) is 0 Å². The zero-order valence-electron chi connectivity index (χ0n) is 10.3. The van der Waals surface area contributed by atoms with Crippen LogP contribution in [0.15, 0.2) is 12.1 Å². The lowest BCUT2D eigenvalue weighted by molar-refractivity contribution is 0.278. The SMILES string of the molecule is CNC(C)COc1cc(C)cc(C)c1C. The molecule has 15 heavy (non-hydrogen) atoms. The number of benzene rings is 1. The van der Waals surface area contributed by atoms with E-state index in [-0.39, 0.29) is 0 Å². The van der Waals surface area contributed by atoms with E-state index in [2.05, 4.69) is 45.1 Å². The smallest absolute Gasteiger partial charge is 0.122 e. The minimum absolute atomic E-state index is 0.380. The Balaban J connectivity index is 2.76. The molecule has 0 bridgehead atoms. The summed E-state index contributed by atoms with van der Waals surface area (Å²) in [7, 11) is 1.95. The highest BCUT2D eigenvalue weighted by Gasteiger charge is 2.05. The summed E-state index contributed by atoms with van der Waals surface area (Å²) in [5.41, 5.74) is 3.79. The van der Waals surface area contributed by atoms with E-state index in [4.69, 9.17) is 4.74 Å². The molecule has 0 heterocycles. The number of aryl methyl sites for hydroxylation is 2. The quantitative estimate of drug-likeness (QED) is 0.819. The standard InChI is InChI=1S/C13H21NO/c1-9-6-10(2)12(4)13(7-9)15-8-11(3)14-5/h6-7,11,14H,8H2,1-5H3. The Labute approximate surface area is 92.6 Å². The van der Waals surface area contributed by atoms with Crippen LogP contribution in [0.1, 0.15) is 23.6 Å². The summed E-state index contributed by atoms with van der Waals surface area (Å²) >= 11 is 0. The molecule has 0 aliphatic carbocycles. The number of ether oxygens (including phenoxy) is 1. The summed E-state index contributed by atoms with van der Waals surface area (Å²) in [5, 5.41) is 3.16. The van der Waals surface area contributed by atoms with Crippen LogP contribution in [0, 0.1) is 20.8 Å². The first-order valence-corrected chi connectivity index (χ1v) is 5.42. The highest BCUT2D eigenvalue weighted by molar-refractivity contribution is 5.41. The van der Waals surface area contributed by atoms with E-state index >= 15 is 0 Å². The average Bonchev–Trinajstić information content (AvgIpc) is 2.20. The third-order valence-electron chi connectivity index (χ3n) is 2.75. The first-order valence-electron chi connectivity index (χ1n) is 5.42. The lowest BCUT2D eigenvalue weighted by Gasteiger charge is -2.15. The van der Waals surface area contributed by atoms with Crippen molar-refractivity contribution < 1.29 is 4.74 Å². The molecule has 0 spiro atoms. The van der Waals surface area contributed by atoms with Crippen LogP contribution >= 0.6 is 0 Å². The third kappa shape index (κ3) is 3.24. The molecular weight excluding hydrogens is 186 g/mol. The van der Waals surface area contributed by atoms with Crippen molar-refractivity contribution in [1.82, 2.24) is 5.32 Å². The number of hydrogen-bond acceptors (Lipinski definition) is 2. The normalized spacial score (nSPS) is 12.6. The van der Waals surface area contributed by atoms with Crippen LogP contribution in [0.3, 0.4) is 0 Å². The fourth-order valence-electron chi connectivity index (χ4n) is 1.45. The predicted octanol–water partition coefficient (Wildman–Crippen LogP) is 2.60. The van der Waals surface area contributed by atoms with Crippen LogP contribution in [0.4, 0.5) is 0 Å². The van der Waals surface area contributed by atoms with Crippen molar-refractivity contribution in [3.05, 3.63) is 28.8 Å². The molecule has 1 aromatic carbocycles. The second kappa shape index (κ2) is 5.17. The molecule has 1 unspecified atom stereocenters. The van der Waals surface area contributed by atoms with Gasteiger partial charge in [-0.1, -0.05) is 6.07 Å². The number of likely N-dealkylation sites (N-methyl/N-ethyl adjacent to an activating group) is 1. The van der Waals surface area contributed by atoms with Gasteiger partial charge in [0.05, 0.1) is 0 Å². The van der Waals surface area contributed by atoms with E-state index in [1.54, 1.807) is 0 Å². The molecule has 1 N–H and O–H groups in total. The Hall–Kier alpha value is -1.02. The van der Waals surface area contributed by atoms with Gasteiger partial charge in [0.15, 0.2) is 0 Å². The van der Waals surface area contributed by atoms with Crippen molar-refractivity contribution in [2.24, 2.45) is 0 Å². The fraction of sp³-hybridized carbons (Fsp3) is 0.538. The van der Waals surface area contributed by atoms with E-state index in [9.17, 15) is 0 Å². The summed E-state index contributed by atoms with van der Waals surface area (Å²) in [4.78, 5) is 0. The molecule has 2 heteroatoms. The van der Waals surface area contributed by atoms with Gasteiger partial charge in [0.1, 0.15) is 12.4 Å². The molecule has 0 saturated heterocycles. The number of hydrogen-bond donors (Lipinski definition) is 1. The van der Waals surface area contributed by atoms with Crippen molar-refractivity contribution in [2.75, 3.05) is 13.7 Å². The summed E-state index contributed by atoms with van der Waals surface area (Å²) in [6.07, 6.45) is 0. The van der Waals surface area contributed by atoms with E-state index in [0.29, 0.717) is 12.6 Å². The van der Waals surface area contributed by atoms with E-state index in [1.165, 1.54) is 16.7 Å². The molecular formula is C13H21NO. The monoisotopic (exact) mass is 207 g/mol. The summed E-state index contributed by atoms with van der Waals surface area (Å²) < 4.78 is 5.79. The topological polar surface area (TPSA) is 21.3 Å². The second-order valence-electron chi connectivity index (χ2n) is 4.21. The maximum Gasteiger partial charge on any atom is 0.122 e. The fourth-order valence-corrected chi connectivity index (χ4v) is 1.45. The van der Waals surface area contributed by atoms with Gasteiger partial charge in [-0.25, -0.2) is 0 Å². The molecule has 2 nitrogen and oxygen atoms in total. The average molecular weight is 207 g/mol. The summed E-state index contributed by atoms with van der Waals surface area (Å²) in [6.45, 7) is 9.14. The van der Waals surface area contributed by atoms with Crippen LogP contribution < -0.4 is 10.1 Å². The van der Waals surface area contributed by atoms with Gasteiger partial charge in [-0.05, 0) is 57.5 Å². The Morgan fingerprint density at radius 1 is 1.27 bits per heavy atom. The molecule has 0 fully saturated rings. The molecule has 1 aromatic rings. The molecule has 0 radical (unpaired) electrons. The Morgan fingerprint density at radius 2 is 1.93 bits per heavy atom. The van der Waals surface area contributed by atoms with Crippen molar-refractivity contribution in [3.63, 3.8) is 0 Å². The Morgan fingerprint density at radius 3 is 2.53 bits per heavy atom. The largest absolute Gasteiger partial charge is 0.492 e. The molecule has 0 aliphatic heterocycles. The first-order chi connectivity index (χ1) is 7.04. The number of nitrogens with one attached hydrogen (secondary N) is 1. The molecule has 84 valence electrons. The van der Waals surface area contributed by atoms with Crippen molar-refractivity contribution in [1.29, 1.82) is 0 Å². The molecule has 0 aromatic heterocycles. The van der Waals surface area contributed by atoms with Gasteiger partial charge in [0, 0.05) is 6.04 Å². The summed E-state index contributed by atoms with van der Waals surface area (Å²) in [5.74, 6) is 1.01. The van der Waals surface area contributed by atoms with Crippen LogP contribution in [0.25, 0.3) is 0 Å². The van der Waals surface area contributed by atoms with Crippen LogP contribution in [0.2, 0.25) is 0 Å². The molecule has 0 aliphatic rings. The highest BCUT2D eigenvalue weighted by atomic mass is 16.5. The molecule has 1 rings (SSSR count). The van der Waals surface area contributed by atoms with Crippen molar-refractivity contribution in [2.45, 2.75) is 33.7 Å². The van der Waals surface area contributed by atoms with Gasteiger partial charge in [0.2, 0.25) is 0 Å². The Kier molecular flexibility index (Phi) is 4.15. The van der Waals surface area contributed by atoms with Crippen molar-refractivity contribution in [3.8, 4) is 5.75 Å². The minimum Gasteiger partial charge on any atom is -0.492 e. The third-order valence-corrected chi connectivity index (χ3v) is 2.75. The van der Waals surface area contributed by atoms with Gasteiger partial charge in [-0.3, -0.25) is 0 Å². The van der Waals surface area contributed by atoms with Crippen LogP contribution in [-0.4, -0.2) is 19.7 Å².